The number of carbonyl (C=O) groups excluding carboxylic acids is 2. The van der Waals surface area contributed by atoms with E-state index in [2.05, 4.69) is 4.98 Å². The van der Waals surface area contributed by atoms with Gasteiger partial charge in [-0.3, -0.25) is 14.6 Å². The molecule has 0 radical (unpaired) electrons. The van der Waals surface area contributed by atoms with Crippen molar-refractivity contribution < 1.29 is 28.6 Å². The molecule has 7 nitrogen and oxygen atoms in total. The van der Waals surface area contributed by atoms with Crippen LogP contribution in [0.5, 0.6) is 11.5 Å². The van der Waals surface area contributed by atoms with Crippen molar-refractivity contribution in [3.05, 3.63) is 94.0 Å². The van der Waals surface area contributed by atoms with Crippen molar-refractivity contribution in [1.82, 2.24) is 9.88 Å². The number of ether oxygens (including phenoxy) is 2. The van der Waals surface area contributed by atoms with E-state index in [9.17, 15) is 19.1 Å². The highest BCUT2D eigenvalue weighted by atomic mass is 35.5. The summed E-state index contributed by atoms with van der Waals surface area (Å²) in [6.07, 6.45) is 1.91. The van der Waals surface area contributed by atoms with Gasteiger partial charge in [-0.1, -0.05) is 29.8 Å². The lowest BCUT2D eigenvalue weighted by atomic mass is 9.97. The monoisotopic (exact) mass is 496 g/mol. The number of benzene rings is 2. The summed E-state index contributed by atoms with van der Waals surface area (Å²) in [4.78, 5) is 32.0. The lowest BCUT2D eigenvalue weighted by molar-refractivity contribution is -0.139. The molecule has 1 amide bonds. The first kappa shape index (κ1) is 24.2. The van der Waals surface area contributed by atoms with E-state index >= 15 is 0 Å². The number of ketones is 1. The normalized spacial score (nSPS) is 17.0. The maximum Gasteiger partial charge on any atom is 0.295 e. The fourth-order valence-electron chi connectivity index (χ4n) is 4.05. The second-order valence-electron chi connectivity index (χ2n) is 7.81. The lowest BCUT2D eigenvalue weighted by Gasteiger charge is -2.24. The Balaban J connectivity index is 1.82. The zero-order valence-corrected chi connectivity index (χ0v) is 19.8. The Morgan fingerprint density at radius 1 is 1.09 bits per heavy atom. The lowest BCUT2D eigenvalue weighted by Crippen LogP contribution is -2.32. The molecule has 180 valence electrons. The summed E-state index contributed by atoms with van der Waals surface area (Å²) in [5.74, 6) is -1.97. The van der Waals surface area contributed by atoms with Crippen LogP contribution in [0.1, 0.15) is 22.9 Å². The Morgan fingerprint density at radius 3 is 2.43 bits per heavy atom. The van der Waals surface area contributed by atoms with Gasteiger partial charge in [0.25, 0.3) is 11.7 Å². The Kier molecular flexibility index (Phi) is 7.02. The maximum atomic E-state index is 13.3. The van der Waals surface area contributed by atoms with E-state index < -0.39 is 23.5 Å². The van der Waals surface area contributed by atoms with E-state index in [-0.39, 0.29) is 40.0 Å². The number of carbonyl (C=O) groups is 2. The first-order valence-electron chi connectivity index (χ1n) is 10.7. The fraction of sp³-hybridized carbons (Fsp3) is 0.192. The third kappa shape index (κ3) is 4.70. The van der Waals surface area contributed by atoms with Crippen LogP contribution in [0.2, 0.25) is 5.02 Å². The van der Waals surface area contributed by atoms with Crippen molar-refractivity contribution in [2.75, 3.05) is 20.8 Å². The number of aromatic nitrogens is 1. The molecule has 1 N–H and O–H groups in total. The summed E-state index contributed by atoms with van der Waals surface area (Å²) in [6.45, 7) is 0.148. The van der Waals surface area contributed by atoms with E-state index in [1.54, 1.807) is 36.5 Å². The molecule has 1 fully saturated rings. The number of likely N-dealkylation sites (tertiary alicyclic amines) is 1. The number of hydrogen-bond donors (Lipinski definition) is 1. The van der Waals surface area contributed by atoms with Crippen molar-refractivity contribution in [1.29, 1.82) is 0 Å². The average molecular weight is 497 g/mol. The van der Waals surface area contributed by atoms with Crippen molar-refractivity contribution >= 4 is 29.1 Å². The van der Waals surface area contributed by atoms with Crippen LogP contribution < -0.4 is 9.47 Å². The number of nitrogens with zero attached hydrogens (tertiary/aromatic N) is 2. The van der Waals surface area contributed by atoms with Crippen LogP contribution in [0.15, 0.2) is 66.4 Å². The summed E-state index contributed by atoms with van der Waals surface area (Å²) >= 11 is 6.19. The number of aliphatic hydroxyl groups is 1. The van der Waals surface area contributed by atoms with Crippen LogP contribution in [-0.2, 0) is 16.0 Å². The molecule has 1 aliphatic rings. The van der Waals surface area contributed by atoms with Gasteiger partial charge in [-0.25, -0.2) is 4.39 Å². The highest BCUT2D eigenvalue weighted by Crippen LogP contribution is 2.42. The standard InChI is InChI=1S/C26H22ClFN2O5/c1-34-20-14-18(27)21(35-2)13-17(20)24(31)22-23(19-5-3-4-11-29-19)30(26(33)25(22)32)12-10-15-6-8-16(28)9-7-15/h3-9,11,13-14,23,31H,10,12H2,1-2H3/b24-22+. The molecule has 3 aromatic rings. The molecule has 1 atom stereocenters. The van der Waals surface area contributed by atoms with Gasteiger partial charge in [0.05, 0.1) is 36.1 Å². The number of halogens is 2. The molecule has 0 aliphatic carbocycles. The number of aliphatic hydroxyl groups excluding tert-OH is 1. The van der Waals surface area contributed by atoms with Gasteiger partial charge in [0.15, 0.2) is 0 Å². The molecular formula is C26H22ClFN2O5. The average Bonchev–Trinajstić information content (AvgIpc) is 3.13. The van der Waals surface area contributed by atoms with E-state index in [0.29, 0.717) is 12.1 Å². The summed E-state index contributed by atoms with van der Waals surface area (Å²) < 4.78 is 23.9. The second kappa shape index (κ2) is 10.1. The molecule has 1 saturated heterocycles. The van der Waals surface area contributed by atoms with Gasteiger partial charge in [-0.2, -0.15) is 0 Å². The molecule has 2 aromatic carbocycles. The number of hydrogen-bond acceptors (Lipinski definition) is 6. The first-order chi connectivity index (χ1) is 16.8. The van der Waals surface area contributed by atoms with Crippen LogP contribution in [0.4, 0.5) is 4.39 Å². The Bertz CT molecular complexity index is 1300. The third-order valence-electron chi connectivity index (χ3n) is 5.79. The zero-order chi connectivity index (χ0) is 25.1. The Labute approximate surface area is 206 Å². The molecule has 1 aromatic heterocycles. The minimum absolute atomic E-state index is 0.129. The van der Waals surface area contributed by atoms with Crippen LogP contribution >= 0.6 is 11.6 Å². The van der Waals surface area contributed by atoms with Crippen molar-refractivity contribution in [2.45, 2.75) is 12.5 Å². The molecular weight excluding hydrogens is 475 g/mol. The molecule has 35 heavy (non-hydrogen) atoms. The summed E-state index contributed by atoms with van der Waals surface area (Å²) in [7, 11) is 2.81. The highest BCUT2D eigenvalue weighted by molar-refractivity contribution is 6.46. The number of pyridine rings is 1. The minimum Gasteiger partial charge on any atom is -0.507 e. The van der Waals surface area contributed by atoms with Gasteiger partial charge in [0.2, 0.25) is 0 Å². The quantitative estimate of drug-likeness (QED) is 0.293. The van der Waals surface area contributed by atoms with Gasteiger partial charge in [0.1, 0.15) is 29.1 Å². The predicted octanol–water partition coefficient (Wildman–Crippen LogP) is 4.56. The van der Waals surface area contributed by atoms with Crippen molar-refractivity contribution in [3.8, 4) is 11.5 Å². The number of rotatable bonds is 7. The van der Waals surface area contributed by atoms with E-state index in [0.717, 1.165) is 5.56 Å². The molecule has 0 bridgehead atoms. The summed E-state index contributed by atoms with van der Waals surface area (Å²) in [6, 6.07) is 13.0. The predicted molar refractivity (Wildman–Crippen MR) is 128 cm³/mol. The summed E-state index contributed by atoms with van der Waals surface area (Å²) in [5.41, 5.74) is 1.21. The molecule has 0 spiro atoms. The van der Waals surface area contributed by atoms with E-state index in [1.165, 1.54) is 43.4 Å². The molecule has 1 unspecified atom stereocenters. The van der Waals surface area contributed by atoms with Crippen molar-refractivity contribution in [3.63, 3.8) is 0 Å². The molecule has 1 aliphatic heterocycles. The molecule has 0 saturated carbocycles. The van der Waals surface area contributed by atoms with Gasteiger partial charge < -0.3 is 19.5 Å². The van der Waals surface area contributed by atoms with E-state index in [1.807, 2.05) is 0 Å². The Hall–Kier alpha value is -3.91. The van der Waals surface area contributed by atoms with Crippen LogP contribution in [0, 0.1) is 5.82 Å². The van der Waals surface area contributed by atoms with Crippen molar-refractivity contribution in [2.24, 2.45) is 0 Å². The fourth-order valence-corrected chi connectivity index (χ4v) is 4.28. The largest absolute Gasteiger partial charge is 0.507 e. The molecule has 9 heteroatoms. The minimum atomic E-state index is -0.942. The van der Waals surface area contributed by atoms with Gasteiger partial charge in [-0.05, 0) is 42.3 Å². The maximum absolute atomic E-state index is 13.3. The smallest absolute Gasteiger partial charge is 0.295 e. The number of amides is 1. The van der Waals surface area contributed by atoms with Crippen LogP contribution in [0.3, 0.4) is 0 Å². The van der Waals surface area contributed by atoms with Gasteiger partial charge in [0, 0.05) is 18.8 Å². The Morgan fingerprint density at radius 2 is 1.80 bits per heavy atom. The zero-order valence-electron chi connectivity index (χ0n) is 19.0. The van der Waals surface area contributed by atoms with Crippen LogP contribution in [-0.4, -0.2) is 47.4 Å². The van der Waals surface area contributed by atoms with Gasteiger partial charge >= 0.3 is 0 Å². The number of Topliss-reactive ketones (excluding diaryl/α,β-unsaturated/α-hetero) is 1. The SMILES string of the molecule is COc1cc(/C(O)=C2\C(=O)C(=O)N(CCc3ccc(F)cc3)C2c2ccccn2)c(OC)cc1Cl. The molecule has 2 heterocycles. The third-order valence-corrected chi connectivity index (χ3v) is 6.09. The number of methoxy groups -OCH3 is 2. The highest BCUT2D eigenvalue weighted by Gasteiger charge is 2.46. The second-order valence-corrected chi connectivity index (χ2v) is 8.22. The van der Waals surface area contributed by atoms with Crippen LogP contribution in [0.25, 0.3) is 5.76 Å². The van der Waals surface area contributed by atoms with E-state index in [4.69, 9.17) is 21.1 Å². The summed E-state index contributed by atoms with van der Waals surface area (Å²) in [5, 5.41) is 11.6. The molecule has 4 rings (SSSR count). The first-order valence-corrected chi connectivity index (χ1v) is 11.1. The topological polar surface area (TPSA) is 89.0 Å². The van der Waals surface area contributed by atoms with Gasteiger partial charge in [-0.15, -0.1) is 0 Å².